The molecule has 1 heterocycles. The number of halogens is 1. The van der Waals surface area contributed by atoms with Crippen LogP contribution in [0.3, 0.4) is 0 Å². The zero-order valence-corrected chi connectivity index (χ0v) is 22.2. The van der Waals surface area contributed by atoms with Crippen molar-refractivity contribution in [2.45, 2.75) is 26.3 Å². The van der Waals surface area contributed by atoms with E-state index in [2.05, 4.69) is 43.1 Å². The number of amides is 1. The molecule has 39 heavy (non-hydrogen) atoms. The van der Waals surface area contributed by atoms with Crippen LogP contribution in [0.2, 0.25) is 0 Å². The number of rotatable bonds is 18. The highest BCUT2D eigenvalue weighted by atomic mass is 19.1. The maximum Gasteiger partial charge on any atom is 0.251 e. The van der Waals surface area contributed by atoms with Gasteiger partial charge in [0.1, 0.15) is 5.82 Å². The monoisotopic (exact) mass is 540 g/mol. The molecule has 3 aromatic rings. The van der Waals surface area contributed by atoms with Crippen molar-refractivity contribution in [2.24, 2.45) is 5.73 Å². The first-order chi connectivity index (χ1) is 19.1. The number of benzene rings is 2. The Morgan fingerprint density at radius 3 is 2.41 bits per heavy atom. The van der Waals surface area contributed by atoms with E-state index >= 15 is 0 Å². The number of ether oxygens (including phenoxy) is 2. The number of hydrogen-bond acceptors (Lipinski definition) is 10. The number of hydrogen-bond donors (Lipinski definition) is 5. The van der Waals surface area contributed by atoms with Gasteiger partial charge in [-0.05, 0) is 30.7 Å². The number of carbonyl (C=O) groups excluding carboxylic acids is 1. The molecule has 0 aliphatic carbocycles. The first-order valence-corrected chi connectivity index (χ1v) is 13.1. The molecule has 0 aliphatic rings. The third kappa shape index (κ3) is 10.8. The van der Waals surface area contributed by atoms with Gasteiger partial charge in [0.15, 0.2) is 0 Å². The van der Waals surface area contributed by atoms with Crippen molar-refractivity contribution >= 4 is 29.4 Å². The minimum absolute atomic E-state index is 0.213. The van der Waals surface area contributed by atoms with Crippen LogP contribution in [0.4, 0.5) is 27.9 Å². The van der Waals surface area contributed by atoms with Crippen molar-refractivity contribution in [3.8, 4) is 0 Å². The fourth-order valence-corrected chi connectivity index (χ4v) is 3.39. The van der Waals surface area contributed by atoms with Crippen molar-refractivity contribution in [2.75, 3.05) is 62.0 Å². The summed E-state index contributed by atoms with van der Waals surface area (Å²) >= 11 is 0. The summed E-state index contributed by atoms with van der Waals surface area (Å²) in [5, 5.41) is 12.2. The summed E-state index contributed by atoms with van der Waals surface area (Å²) in [6.07, 6.45) is 1.97. The summed E-state index contributed by atoms with van der Waals surface area (Å²) in [6, 6.07) is 13.5. The Morgan fingerprint density at radius 1 is 0.897 bits per heavy atom. The van der Waals surface area contributed by atoms with Crippen molar-refractivity contribution in [3.05, 3.63) is 65.5 Å². The van der Waals surface area contributed by atoms with E-state index in [1.807, 2.05) is 6.07 Å². The SMILES string of the molecule is CCCCNc1nc(NCc2ccccc2F)nc(Nc2cccc(C(=O)NCCOCCOCCN)c2)n1. The lowest BCUT2D eigenvalue weighted by atomic mass is 10.2. The standard InChI is InChI=1S/C27H37FN8O3/c1-2-3-12-31-25-34-26(32-19-21-7-4-5-10-23(21)28)36-27(35-25)33-22-9-6-8-20(18-22)24(37)30-13-15-39-17-16-38-14-11-29/h4-10,18H,2-3,11-17,19,29H2,1H3,(H,30,37)(H3,31,32,33,34,35,36). The van der Waals surface area contributed by atoms with Crippen LogP contribution in [0.1, 0.15) is 35.7 Å². The summed E-state index contributed by atoms with van der Waals surface area (Å²) in [5.41, 5.74) is 6.96. The molecule has 1 amide bonds. The van der Waals surface area contributed by atoms with Crippen LogP contribution < -0.4 is 27.0 Å². The van der Waals surface area contributed by atoms with E-state index in [4.69, 9.17) is 15.2 Å². The van der Waals surface area contributed by atoms with Gasteiger partial charge in [-0.25, -0.2) is 4.39 Å². The molecule has 11 nitrogen and oxygen atoms in total. The molecule has 3 rings (SSSR count). The van der Waals surface area contributed by atoms with Gasteiger partial charge in [0, 0.05) is 43.0 Å². The van der Waals surface area contributed by atoms with Gasteiger partial charge in [-0.2, -0.15) is 15.0 Å². The summed E-state index contributed by atoms with van der Waals surface area (Å²) in [6.45, 7) is 5.62. The predicted octanol–water partition coefficient (Wildman–Crippen LogP) is 3.30. The molecular formula is C27H37FN8O3. The minimum Gasteiger partial charge on any atom is -0.378 e. The Hall–Kier alpha value is -3.87. The van der Waals surface area contributed by atoms with Crippen molar-refractivity contribution < 1.29 is 18.7 Å². The molecule has 0 saturated heterocycles. The Labute approximate surface area is 228 Å². The summed E-state index contributed by atoms with van der Waals surface area (Å²) in [5.74, 6) is 0.419. The van der Waals surface area contributed by atoms with Gasteiger partial charge in [0.25, 0.3) is 5.91 Å². The number of nitrogens with one attached hydrogen (secondary N) is 4. The van der Waals surface area contributed by atoms with E-state index in [9.17, 15) is 9.18 Å². The van der Waals surface area contributed by atoms with Crippen LogP contribution in [0.25, 0.3) is 0 Å². The highest BCUT2D eigenvalue weighted by Crippen LogP contribution is 2.18. The molecule has 12 heteroatoms. The first kappa shape index (κ1) is 29.7. The van der Waals surface area contributed by atoms with Gasteiger partial charge in [0.05, 0.1) is 26.4 Å². The van der Waals surface area contributed by atoms with Gasteiger partial charge < -0.3 is 36.5 Å². The second-order valence-corrected chi connectivity index (χ2v) is 8.51. The van der Waals surface area contributed by atoms with Crippen molar-refractivity contribution in [3.63, 3.8) is 0 Å². The molecule has 6 N–H and O–H groups in total. The Morgan fingerprint density at radius 2 is 1.64 bits per heavy atom. The molecule has 1 aromatic heterocycles. The minimum atomic E-state index is -0.308. The topological polar surface area (TPSA) is 148 Å². The molecule has 0 atom stereocenters. The molecule has 0 bridgehead atoms. The zero-order valence-electron chi connectivity index (χ0n) is 22.2. The van der Waals surface area contributed by atoms with Gasteiger partial charge >= 0.3 is 0 Å². The smallest absolute Gasteiger partial charge is 0.251 e. The predicted molar refractivity (Wildman–Crippen MR) is 150 cm³/mol. The van der Waals surface area contributed by atoms with E-state index in [0.717, 1.165) is 12.8 Å². The van der Waals surface area contributed by atoms with E-state index in [1.54, 1.807) is 36.4 Å². The average Bonchev–Trinajstić information content (AvgIpc) is 2.94. The number of anilines is 4. The van der Waals surface area contributed by atoms with Crippen molar-refractivity contribution in [1.82, 2.24) is 20.3 Å². The van der Waals surface area contributed by atoms with Crippen LogP contribution in [0.15, 0.2) is 48.5 Å². The molecule has 0 spiro atoms. The molecular weight excluding hydrogens is 503 g/mol. The van der Waals surface area contributed by atoms with Gasteiger partial charge in [-0.15, -0.1) is 0 Å². The molecule has 0 fully saturated rings. The second-order valence-electron chi connectivity index (χ2n) is 8.51. The molecule has 0 aliphatic heterocycles. The molecule has 2 aromatic carbocycles. The maximum atomic E-state index is 14.1. The number of unbranched alkanes of at least 4 members (excludes halogenated alkanes) is 1. The number of aromatic nitrogens is 3. The van der Waals surface area contributed by atoms with E-state index in [0.29, 0.717) is 68.8 Å². The van der Waals surface area contributed by atoms with Crippen LogP contribution in [-0.4, -0.2) is 66.9 Å². The summed E-state index contributed by atoms with van der Waals surface area (Å²) < 4.78 is 24.7. The number of carbonyl (C=O) groups is 1. The summed E-state index contributed by atoms with van der Waals surface area (Å²) in [7, 11) is 0. The lowest BCUT2D eigenvalue weighted by Crippen LogP contribution is -2.27. The lowest BCUT2D eigenvalue weighted by molar-refractivity contribution is 0.0511. The van der Waals surface area contributed by atoms with Gasteiger partial charge in [-0.3, -0.25) is 4.79 Å². The molecule has 0 radical (unpaired) electrons. The lowest BCUT2D eigenvalue weighted by Gasteiger charge is -2.12. The largest absolute Gasteiger partial charge is 0.378 e. The van der Waals surface area contributed by atoms with Crippen LogP contribution >= 0.6 is 0 Å². The van der Waals surface area contributed by atoms with Crippen molar-refractivity contribution in [1.29, 1.82) is 0 Å². The third-order valence-electron chi connectivity index (χ3n) is 5.39. The molecule has 0 saturated carbocycles. The summed E-state index contributed by atoms with van der Waals surface area (Å²) in [4.78, 5) is 25.9. The quantitative estimate of drug-likeness (QED) is 0.152. The van der Waals surface area contributed by atoms with E-state index in [-0.39, 0.29) is 30.2 Å². The van der Waals surface area contributed by atoms with Crippen LogP contribution in [0.5, 0.6) is 0 Å². The zero-order chi connectivity index (χ0) is 27.7. The second kappa shape index (κ2) is 16.9. The number of nitrogens with two attached hydrogens (primary N) is 1. The Bertz CT molecular complexity index is 1170. The third-order valence-corrected chi connectivity index (χ3v) is 5.39. The normalized spacial score (nSPS) is 10.7. The maximum absolute atomic E-state index is 14.1. The van der Waals surface area contributed by atoms with Gasteiger partial charge in [-0.1, -0.05) is 37.6 Å². The molecule has 0 unspecified atom stereocenters. The molecule has 210 valence electrons. The number of nitrogens with zero attached hydrogens (tertiary/aromatic N) is 3. The van der Waals surface area contributed by atoms with Crippen LogP contribution in [0, 0.1) is 5.82 Å². The van der Waals surface area contributed by atoms with E-state index in [1.165, 1.54) is 6.07 Å². The highest BCUT2D eigenvalue weighted by molar-refractivity contribution is 5.95. The fourth-order valence-electron chi connectivity index (χ4n) is 3.39. The Balaban J connectivity index is 1.61. The van der Waals surface area contributed by atoms with Gasteiger partial charge in [0.2, 0.25) is 17.8 Å². The highest BCUT2D eigenvalue weighted by Gasteiger charge is 2.10. The average molecular weight is 541 g/mol. The Kier molecular flexibility index (Phi) is 12.8. The van der Waals surface area contributed by atoms with E-state index < -0.39 is 0 Å². The fraction of sp³-hybridized carbons (Fsp3) is 0.407. The first-order valence-electron chi connectivity index (χ1n) is 13.1. The van der Waals surface area contributed by atoms with Crippen LogP contribution in [-0.2, 0) is 16.0 Å².